The molecule has 1 atom stereocenters. The minimum absolute atomic E-state index is 0.0776. The summed E-state index contributed by atoms with van der Waals surface area (Å²) in [6.45, 7) is 6.78. The van der Waals surface area contributed by atoms with E-state index in [9.17, 15) is 4.79 Å². The zero-order valence-corrected chi connectivity index (χ0v) is 15.5. The van der Waals surface area contributed by atoms with Crippen LogP contribution in [-0.4, -0.2) is 71.0 Å². The number of anilines is 1. The number of aromatic nitrogens is 2. The van der Waals surface area contributed by atoms with Gasteiger partial charge < -0.3 is 9.80 Å². The molecule has 0 aromatic carbocycles. The Morgan fingerprint density at radius 1 is 1.12 bits per heavy atom. The zero-order chi connectivity index (χ0) is 17.4. The van der Waals surface area contributed by atoms with Gasteiger partial charge in [-0.1, -0.05) is 0 Å². The zero-order valence-electron chi connectivity index (χ0n) is 15.5. The first-order valence-electron chi connectivity index (χ1n) is 9.70. The Bertz CT molecular complexity index is 663. The van der Waals surface area contributed by atoms with Crippen LogP contribution in [0.25, 0.3) is 0 Å². The largest absolute Gasteiger partial charge is 0.353 e. The van der Waals surface area contributed by atoms with Crippen LogP contribution in [0.3, 0.4) is 0 Å². The van der Waals surface area contributed by atoms with Gasteiger partial charge in [-0.05, 0) is 46.1 Å². The number of hydrogen-bond acceptors (Lipinski definition) is 5. The smallest absolute Gasteiger partial charge is 0.222 e. The highest BCUT2D eigenvalue weighted by atomic mass is 16.2. The van der Waals surface area contributed by atoms with Gasteiger partial charge in [0.1, 0.15) is 12.1 Å². The summed E-state index contributed by atoms with van der Waals surface area (Å²) >= 11 is 0. The number of nitrogens with zero attached hydrogens (tertiary/aromatic N) is 5. The van der Waals surface area contributed by atoms with Gasteiger partial charge in [-0.25, -0.2) is 9.97 Å². The number of likely N-dealkylation sites (tertiary alicyclic amines) is 1. The fourth-order valence-electron chi connectivity index (χ4n) is 4.82. The third-order valence-electron chi connectivity index (χ3n) is 6.54. The molecule has 6 nitrogen and oxygen atoms in total. The Balaban J connectivity index is 1.60. The molecule has 2 fully saturated rings. The first-order valence-corrected chi connectivity index (χ1v) is 9.70. The third-order valence-corrected chi connectivity index (χ3v) is 6.54. The quantitative estimate of drug-likeness (QED) is 0.814. The molecule has 3 heterocycles. The molecule has 6 heteroatoms. The highest BCUT2D eigenvalue weighted by molar-refractivity contribution is 5.76. The molecule has 1 aromatic heterocycles. The van der Waals surface area contributed by atoms with Crippen LogP contribution in [0.15, 0.2) is 6.33 Å². The van der Waals surface area contributed by atoms with Crippen LogP contribution in [0.4, 0.5) is 5.82 Å². The van der Waals surface area contributed by atoms with Crippen molar-refractivity contribution in [3.8, 4) is 0 Å². The van der Waals surface area contributed by atoms with Crippen LogP contribution in [0.1, 0.15) is 43.9 Å². The Morgan fingerprint density at radius 3 is 2.84 bits per heavy atom. The summed E-state index contributed by atoms with van der Waals surface area (Å²) in [5, 5.41) is 0. The second kappa shape index (κ2) is 6.56. The maximum Gasteiger partial charge on any atom is 0.222 e. The van der Waals surface area contributed by atoms with E-state index in [2.05, 4.69) is 33.7 Å². The van der Waals surface area contributed by atoms with Crippen molar-refractivity contribution in [2.24, 2.45) is 0 Å². The van der Waals surface area contributed by atoms with Gasteiger partial charge in [-0.2, -0.15) is 0 Å². The highest BCUT2D eigenvalue weighted by Crippen LogP contribution is 2.36. The van der Waals surface area contributed by atoms with Crippen molar-refractivity contribution in [3.63, 3.8) is 0 Å². The van der Waals surface area contributed by atoms with E-state index in [1.54, 1.807) is 6.33 Å². The minimum Gasteiger partial charge on any atom is -0.353 e. The molecule has 1 aromatic rings. The van der Waals surface area contributed by atoms with Gasteiger partial charge in [0.25, 0.3) is 0 Å². The first-order chi connectivity index (χ1) is 12.1. The standard InChI is InChI=1S/C19H29N5O/c1-3-23-10-9-19(8-7-17(23)25)13-24(12-11-22(19)2)18-15-5-4-6-16(15)20-14-21-18/h14H,3-13H2,1-2H3/t19-/m1/s1. The Kier molecular flexibility index (Phi) is 4.40. The van der Waals surface area contributed by atoms with E-state index in [0.29, 0.717) is 12.3 Å². The van der Waals surface area contributed by atoms with Gasteiger partial charge in [-0.15, -0.1) is 0 Å². The number of fused-ring (bicyclic) bond motifs is 1. The SMILES string of the molecule is CCN1CC[C@]2(CCC1=O)CN(c1ncnc3c1CCC3)CCN2C. The van der Waals surface area contributed by atoms with Gasteiger partial charge in [0.2, 0.25) is 5.91 Å². The summed E-state index contributed by atoms with van der Waals surface area (Å²) in [5.41, 5.74) is 2.68. The number of likely N-dealkylation sites (N-methyl/N-ethyl adjacent to an activating group) is 1. The molecule has 0 bridgehead atoms. The lowest BCUT2D eigenvalue weighted by Gasteiger charge is -2.50. The number of rotatable bonds is 2. The van der Waals surface area contributed by atoms with Crippen molar-refractivity contribution in [1.82, 2.24) is 19.8 Å². The normalized spacial score (nSPS) is 27.7. The minimum atomic E-state index is 0.0776. The van der Waals surface area contributed by atoms with Gasteiger partial charge in [0.15, 0.2) is 0 Å². The lowest BCUT2D eigenvalue weighted by Crippen LogP contribution is -2.61. The average Bonchev–Trinajstić information content (AvgIpc) is 3.05. The highest BCUT2D eigenvalue weighted by Gasteiger charge is 2.43. The molecular weight excluding hydrogens is 314 g/mol. The molecule has 0 saturated carbocycles. The van der Waals surface area contributed by atoms with Gasteiger partial charge in [0.05, 0.1) is 0 Å². The fourth-order valence-corrected chi connectivity index (χ4v) is 4.82. The number of carbonyl (C=O) groups is 1. The van der Waals surface area contributed by atoms with Crippen molar-refractivity contribution in [3.05, 3.63) is 17.6 Å². The van der Waals surface area contributed by atoms with Crippen LogP contribution in [0.5, 0.6) is 0 Å². The molecule has 0 unspecified atom stereocenters. The molecule has 2 saturated heterocycles. The molecule has 3 aliphatic rings. The first kappa shape index (κ1) is 16.8. The second-order valence-corrected chi connectivity index (χ2v) is 7.77. The van der Waals surface area contributed by atoms with Crippen molar-refractivity contribution in [1.29, 1.82) is 0 Å². The molecule has 0 radical (unpaired) electrons. The van der Waals surface area contributed by atoms with Gasteiger partial charge in [-0.3, -0.25) is 9.69 Å². The molecule has 1 amide bonds. The Hall–Kier alpha value is -1.69. The van der Waals surface area contributed by atoms with Crippen LogP contribution < -0.4 is 4.90 Å². The molecule has 1 spiro atoms. The van der Waals surface area contributed by atoms with E-state index in [4.69, 9.17) is 0 Å². The van der Waals surface area contributed by atoms with Crippen molar-refractivity contribution in [2.45, 2.75) is 51.0 Å². The lowest BCUT2D eigenvalue weighted by molar-refractivity contribution is -0.130. The van der Waals surface area contributed by atoms with Crippen LogP contribution in [0, 0.1) is 0 Å². The summed E-state index contributed by atoms with van der Waals surface area (Å²) in [6.07, 6.45) is 7.78. The maximum absolute atomic E-state index is 12.4. The molecule has 0 N–H and O–H groups in total. The molecular formula is C19H29N5O. The van der Waals surface area contributed by atoms with Crippen LogP contribution in [0.2, 0.25) is 0 Å². The predicted molar refractivity (Wildman–Crippen MR) is 97.7 cm³/mol. The number of amides is 1. The summed E-state index contributed by atoms with van der Waals surface area (Å²) in [6, 6.07) is 0. The van der Waals surface area contributed by atoms with E-state index in [0.717, 1.165) is 64.2 Å². The molecule has 1 aliphatic carbocycles. The van der Waals surface area contributed by atoms with E-state index in [1.165, 1.54) is 17.7 Å². The second-order valence-electron chi connectivity index (χ2n) is 7.77. The Morgan fingerprint density at radius 2 is 2.00 bits per heavy atom. The van der Waals surface area contributed by atoms with E-state index >= 15 is 0 Å². The number of piperazine rings is 1. The van der Waals surface area contributed by atoms with Crippen molar-refractivity contribution in [2.75, 3.05) is 44.7 Å². The lowest BCUT2D eigenvalue weighted by atomic mass is 9.86. The van der Waals surface area contributed by atoms with E-state index in [-0.39, 0.29) is 5.54 Å². The van der Waals surface area contributed by atoms with Crippen molar-refractivity contribution < 1.29 is 4.79 Å². The summed E-state index contributed by atoms with van der Waals surface area (Å²) in [7, 11) is 2.23. The van der Waals surface area contributed by atoms with Crippen LogP contribution >= 0.6 is 0 Å². The average molecular weight is 343 g/mol. The number of aryl methyl sites for hydroxylation is 1. The maximum atomic E-state index is 12.4. The molecule has 25 heavy (non-hydrogen) atoms. The fraction of sp³-hybridized carbons (Fsp3) is 0.737. The molecule has 4 rings (SSSR count). The Labute approximate surface area is 150 Å². The third kappa shape index (κ3) is 2.90. The number of hydrogen-bond donors (Lipinski definition) is 0. The van der Waals surface area contributed by atoms with E-state index in [1.807, 2.05) is 4.90 Å². The molecule has 136 valence electrons. The summed E-state index contributed by atoms with van der Waals surface area (Å²) in [4.78, 5) is 28.5. The topological polar surface area (TPSA) is 52.6 Å². The van der Waals surface area contributed by atoms with Crippen LogP contribution in [-0.2, 0) is 17.6 Å². The number of carbonyl (C=O) groups excluding carboxylic acids is 1. The van der Waals surface area contributed by atoms with E-state index < -0.39 is 0 Å². The monoisotopic (exact) mass is 343 g/mol. The predicted octanol–water partition coefficient (Wildman–Crippen LogP) is 1.49. The summed E-state index contributed by atoms with van der Waals surface area (Å²) < 4.78 is 0. The summed E-state index contributed by atoms with van der Waals surface area (Å²) in [5.74, 6) is 1.46. The molecule has 2 aliphatic heterocycles. The van der Waals surface area contributed by atoms with Gasteiger partial charge in [0, 0.05) is 55.9 Å². The van der Waals surface area contributed by atoms with Crippen molar-refractivity contribution >= 4 is 11.7 Å². The van der Waals surface area contributed by atoms with Gasteiger partial charge >= 0.3 is 0 Å².